The third kappa shape index (κ3) is 2.19. The van der Waals surface area contributed by atoms with Crippen LogP contribution in [0.1, 0.15) is 13.3 Å². The van der Waals surface area contributed by atoms with Crippen molar-refractivity contribution >= 4 is 21.7 Å². The van der Waals surface area contributed by atoms with Crippen molar-refractivity contribution in [1.82, 2.24) is 19.2 Å². The predicted octanol–water partition coefficient (Wildman–Crippen LogP) is -1.10. The number of piperazine rings is 1. The summed E-state index contributed by atoms with van der Waals surface area (Å²) in [6, 6.07) is -0.701. The molecule has 1 aromatic heterocycles. The summed E-state index contributed by atoms with van der Waals surface area (Å²) in [5, 5.41) is 2.59. The Labute approximate surface area is 111 Å². The molecule has 3 N–H and O–H groups in total. The average Bonchev–Trinajstić information content (AvgIpc) is 2.69. The molecule has 1 aliphatic rings. The first-order valence-electron chi connectivity index (χ1n) is 5.96. The van der Waals surface area contributed by atoms with Crippen LogP contribution in [0.25, 0.3) is 0 Å². The van der Waals surface area contributed by atoms with E-state index in [2.05, 4.69) is 10.3 Å². The third-order valence-electron chi connectivity index (χ3n) is 3.13. The number of rotatable bonds is 3. The van der Waals surface area contributed by atoms with Gasteiger partial charge in [0.2, 0.25) is 5.91 Å². The van der Waals surface area contributed by atoms with Crippen LogP contribution in [-0.2, 0) is 21.9 Å². The van der Waals surface area contributed by atoms with E-state index < -0.39 is 16.1 Å². The van der Waals surface area contributed by atoms with E-state index in [4.69, 9.17) is 5.73 Å². The summed E-state index contributed by atoms with van der Waals surface area (Å²) >= 11 is 0. The quantitative estimate of drug-likeness (QED) is 0.733. The van der Waals surface area contributed by atoms with Gasteiger partial charge in [-0.05, 0) is 6.42 Å². The SMILES string of the molecule is CCC1C(=O)NCCN1S(=O)(=O)c1c(N)ncn1C. The number of imidazole rings is 1. The third-order valence-corrected chi connectivity index (χ3v) is 5.17. The Morgan fingerprint density at radius 1 is 1.58 bits per heavy atom. The van der Waals surface area contributed by atoms with Gasteiger partial charge in [-0.1, -0.05) is 6.92 Å². The van der Waals surface area contributed by atoms with Gasteiger partial charge >= 0.3 is 0 Å². The molecule has 1 atom stereocenters. The number of hydrogen-bond donors (Lipinski definition) is 2. The fraction of sp³-hybridized carbons (Fsp3) is 0.600. The Hall–Kier alpha value is -1.61. The minimum Gasteiger partial charge on any atom is -0.381 e. The van der Waals surface area contributed by atoms with Crippen molar-refractivity contribution in [3.05, 3.63) is 6.33 Å². The van der Waals surface area contributed by atoms with Gasteiger partial charge in [-0.2, -0.15) is 4.31 Å². The van der Waals surface area contributed by atoms with Crippen LogP contribution in [0.3, 0.4) is 0 Å². The average molecular weight is 287 g/mol. The highest BCUT2D eigenvalue weighted by atomic mass is 32.2. The van der Waals surface area contributed by atoms with Crippen molar-refractivity contribution in [3.8, 4) is 0 Å². The molecular formula is C10H17N5O3S. The Bertz CT molecular complexity index is 575. The first-order valence-corrected chi connectivity index (χ1v) is 7.40. The second kappa shape index (κ2) is 4.82. The van der Waals surface area contributed by atoms with Gasteiger partial charge in [-0.15, -0.1) is 0 Å². The van der Waals surface area contributed by atoms with Gasteiger partial charge in [-0.25, -0.2) is 13.4 Å². The zero-order valence-electron chi connectivity index (χ0n) is 10.8. The molecular weight excluding hydrogens is 270 g/mol. The first-order chi connectivity index (χ1) is 8.89. The van der Waals surface area contributed by atoms with E-state index in [1.54, 1.807) is 14.0 Å². The van der Waals surface area contributed by atoms with Crippen LogP contribution >= 0.6 is 0 Å². The highest BCUT2D eigenvalue weighted by Crippen LogP contribution is 2.24. The molecule has 2 heterocycles. The van der Waals surface area contributed by atoms with E-state index in [0.29, 0.717) is 13.0 Å². The number of amides is 1. The van der Waals surface area contributed by atoms with Crippen LogP contribution in [0, 0.1) is 0 Å². The van der Waals surface area contributed by atoms with Crippen molar-refractivity contribution in [2.75, 3.05) is 18.8 Å². The highest BCUT2D eigenvalue weighted by Gasteiger charge is 2.39. The highest BCUT2D eigenvalue weighted by molar-refractivity contribution is 7.89. The van der Waals surface area contributed by atoms with Crippen LogP contribution in [-0.4, -0.2) is 47.3 Å². The van der Waals surface area contributed by atoms with Crippen molar-refractivity contribution in [2.45, 2.75) is 24.4 Å². The zero-order valence-corrected chi connectivity index (χ0v) is 11.6. The van der Waals surface area contributed by atoms with Crippen LogP contribution in [0.4, 0.5) is 5.82 Å². The number of carbonyl (C=O) groups is 1. The van der Waals surface area contributed by atoms with Gasteiger partial charge in [0.15, 0.2) is 10.8 Å². The molecule has 0 radical (unpaired) electrons. The lowest BCUT2D eigenvalue weighted by Gasteiger charge is -2.33. The Morgan fingerprint density at radius 2 is 2.26 bits per heavy atom. The van der Waals surface area contributed by atoms with Crippen molar-refractivity contribution in [3.63, 3.8) is 0 Å². The Morgan fingerprint density at radius 3 is 2.79 bits per heavy atom. The summed E-state index contributed by atoms with van der Waals surface area (Å²) in [5.74, 6) is -0.332. The predicted molar refractivity (Wildman–Crippen MR) is 68.6 cm³/mol. The lowest BCUT2D eigenvalue weighted by Crippen LogP contribution is -2.56. The zero-order chi connectivity index (χ0) is 14.2. The van der Waals surface area contributed by atoms with E-state index in [0.717, 1.165) is 0 Å². The maximum Gasteiger partial charge on any atom is 0.263 e. The number of sulfonamides is 1. The molecule has 0 aromatic carbocycles. The minimum absolute atomic E-state index is 0.0525. The largest absolute Gasteiger partial charge is 0.381 e. The summed E-state index contributed by atoms with van der Waals surface area (Å²) in [6.45, 7) is 2.30. The van der Waals surface area contributed by atoms with Gasteiger partial charge in [0.05, 0.1) is 6.33 Å². The molecule has 0 aliphatic carbocycles. The first kappa shape index (κ1) is 13.8. The van der Waals surface area contributed by atoms with E-state index in [1.807, 2.05) is 0 Å². The van der Waals surface area contributed by atoms with Gasteiger partial charge in [0, 0.05) is 20.1 Å². The van der Waals surface area contributed by atoms with Crippen LogP contribution < -0.4 is 11.1 Å². The van der Waals surface area contributed by atoms with E-state index in [1.165, 1.54) is 15.2 Å². The topological polar surface area (TPSA) is 110 Å². The van der Waals surface area contributed by atoms with E-state index in [-0.39, 0.29) is 23.3 Å². The molecule has 1 fully saturated rings. The second-order valence-corrected chi connectivity index (χ2v) is 6.18. The number of anilines is 1. The number of nitrogens with zero attached hydrogens (tertiary/aromatic N) is 3. The second-order valence-electron chi connectivity index (χ2n) is 4.38. The van der Waals surface area contributed by atoms with Crippen molar-refractivity contribution < 1.29 is 13.2 Å². The van der Waals surface area contributed by atoms with Crippen LogP contribution in [0.2, 0.25) is 0 Å². The fourth-order valence-corrected chi connectivity index (χ4v) is 4.09. The van der Waals surface area contributed by atoms with Crippen LogP contribution in [0.5, 0.6) is 0 Å². The molecule has 1 aliphatic heterocycles. The molecule has 1 amide bonds. The standard InChI is InChI=1S/C10H17N5O3S/c1-3-7-9(16)12-4-5-15(7)19(17,18)10-8(11)13-6-14(10)2/h6-7H,3-5,11H2,1-2H3,(H,12,16). The molecule has 9 heteroatoms. The number of nitrogens with one attached hydrogen (secondary N) is 1. The Balaban J connectivity index is 2.47. The minimum atomic E-state index is -3.83. The number of carbonyl (C=O) groups excluding carboxylic acids is 1. The molecule has 0 bridgehead atoms. The number of aromatic nitrogens is 2. The molecule has 19 heavy (non-hydrogen) atoms. The van der Waals surface area contributed by atoms with Gasteiger partial charge < -0.3 is 15.6 Å². The van der Waals surface area contributed by atoms with Gasteiger partial charge in [0.25, 0.3) is 10.0 Å². The lowest BCUT2D eigenvalue weighted by atomic mass is 10.2. The van der Waals surface area contributed by atoms with Gasteiger partial charge in [0.1, 0.15) is 6.04 Å². The monoisotopic (exact) mass is 287 g/mol. The number of nitrogens with two attached hydrogens (primary N) is 1. The molecule has 0 saturated carbocycles. The molecule has 8 nitrogen and oxygen atoms in total. The molecule has 0 spiro atoms. The summed E-state index contributed by atoms with van der Waals surface area (Å²) in [6.07, 6.45) is 1.75. The smallest absolute Gasteiger partial charge is 0.263 e. The summed E-state index contributed by atoms with van der Waals surface area (Å²) in [5.41, 5.74) is 5.62. The fourth-order valence-electron chi connectivity index (χ4n) is 2.23. The molecule has 106 valence electrons. The normalized spacial score (nSPS) is 21.4. The maximum absolute atomic E-state index is 12.6. The number of nitrogen functional groups attached to an aromatic ring is 1. The number of aryl methyl sites for hydroxylation is 1. The molecule has 2 rings (SSSR count). The summed E-state index contributed by atoms with van der Waals surface area (Å²) < 4.78 is 27.8. The van der Waals surface area contributed by atoms with E-state index in [9.17, 15) is 13.2 Å². The van der Waals surface area contributed by atoms with E-state index >= 15 is 0 Å². The summed E-state index contributed by atoms with van der Waals surface area (Å²) in [4.78, 5) is 15.5. The maximum atomic E-state index is 12.6. The number of hydrogen-bond acceptors (Lipinski definition) is 5. The molecule has 1 aromatic rings. The molecule has 1 saturated heterocycles. The van der Waals surface area contributed by atoms with Crippen LogP contribution in [0.15, 0.2) is 11.4 Å². The van der Waals surface area contributed by atoms with Crippen molar-refractivity contribution in [2.24, 2.45) is 7.05 Å². The molecule has 1 unspecified atom stereocenters. The summed E-state index contributed by atoms with van der Waals surface area (Å²) in [7, 11) is -2.27. The van der Waals surface area contributed by atoms with Crippen molar-refractivity contribution in [1.29, 1.82) is 0 Å². The van der Waals surface area contributed by atoms with Gasteiger partial charge in [-0.3, -0.25) is 4.79 Å². The Kier molecular flexibility index (Phi) is 3.50. The lowest BCUT2D eigenvalue weighted by molar-refractivity contribution is -0.126.